The van der Waals surface area contributed by atoms with E-state index in [0.717, 1.165) is 70.6 Å². The number of ether oxygens (including phenoxy) is 2. The summed E-state index contributed by atoms with van der Waals surface area (Å²) in [5.74, 6) is -0.866. The van der Waals surface area contributed by atoms with Crippen molar-refractivity contribution in [1.29, 1.82) is 0 Å². The maximum absolute atomic E-state index is 12.6. The first-order valence-corrected chi connectivity index (χ1v) is 23.0. The van der Waals surface area contributed by atoms with Crippen molar-refractivity contribution in [2.75, 3.05) is 26.4 Å². The molecule has 0 saturated carbocycles. The summed E-state index contributed by atoms with van der Waals surface area (Å²) < 4.78 is 32.5. The van der Waals surface area contributed by atoms with Crippen molar-refractivity contribution >= 4 is 19.8 Å². The van der Waals surface area contributed by atoms with E-state index in [9.17, 15) is 19.0 Å². The highest BCUT2D eigenvalue weighted by Crippen LogP contribution is 2.38. The maximum atomic E-state index is 12.6. The van der Waals surface area contributed by atoms with E-state index >= 15 is 0 Å². The van der Waals surface area contributed by atoms with Crippen molar-refractivity contribution in [2.45, 2.75) is 200 Å². The third kappa shape index (κ3) is 39.7. The summed E-state index contributed by atoms with van der Waals surface area (Å²) in [7, 11) is -4.59. The number of carbonyl (C=O) groups excluding carboxylic acids is 2. The first-order valence-electron chi connectivity index (χ1n) is 21.5. The second kappa shape index (κ2) is 39.9. The van der Waals surface area contributed by atoms with Gasteiger partial charge in [0, 0.05) is 12.8 Å². The van der Waals surface area contributed by atoms with Crippen LogP contribution in [0, 0.1) is 0 Å². The summed E-state index contributed by atoms with van der Waals surface area (Å²) in [5.41, 5.74) is 3.55. The SMILES string of the molecule is CCCCC/C=C\C/C=C\CCCCCCCC(=O)O[C@H](COC(=O)CCCCCCCCC/C=C\CCCCCCCC)COP(=O)([O-])OCC[NH3+]. The van der Waals surface area contributed by atoms with Gasteiger partial charge in [0.25, 0.3) is 7.82 Å². The second-order valence-electron chi connectivity index (χ2n) is 14.2. The average Bonchev–Trinajstić information content (AvgIpc) is 3.14. The molecule has 0 aliphatic heterocycles. The molecule has 0 heterocycles. The zero-order valence-corrected chi connectivity index (χ0v) is 35.0. The lowest BCUT2D eigenvalue weighted by Gasteiger charge is -2.25. The molecule has 0 saturated heterocycles. The van der Waals surface area contributed by atoms with Crippen LogP contribution in [0.1, 0.15) is 194 Å². The van der Waals surface area contributed by atoms with Gasteiger partial charge in [0.05, 0.1) is 13.2 Å². The molecule has 0 amide bonds. The molecule has 0 radical (unpaired) electrons. The Morgan fingerprint density at radius 1 is 0.566 bits per heavy atom. The van der Waals surface area contributed by atoms with E-state index in [4.69, 9.17) is 18.5 Å². The normalized spacial score (nSPS) is 13.7. The van der Waals surface area contributed by atoms with E-state index < -0.39 is 32.5 Å². The predicted octanol–water partition coefficient (Wildman–Crippen LogP) is 10.8. The van der Waals surface area contributed by atoms with Gasteiger partial charge >= 0.3 is 11.9 Å². The molecule has 0 spiro atoms. The van der Waals surface area contributed by atoms with Gasteiger partial charge in [-0.15, -0.1) is 0 Å². The number of quaternary nitrogens is 1. The second-order valence-corrected chi connectivity index (χ2v) is 15.7. The van der Waals surface area contributed by atoms with Crippen LogP contribution in [-0.4, -0.2) is 44.4 Å². The summed E-state index contributed by atoms with van der Waals surface area (Å²) >= 11 is 0. The number of carbonyl (C=O) groups is 2. The monoisotopic (exact) mass is 770 g/mol. The lowest BCUT2D eigenvalue weighted by Crippen LogP contribution is -2.52. The van der Waals surface area contributed by atoms with E-state index in [-0.39, 0.29) is 32.6 Å². The molecule has 3 N–H and O–H groups in total. The number of phosphoric acid groups is 1. The van der Waals surface area contributed by atoms with E-state index in [1.54, 1.807) is 0 Å². The molecule has 53 heavy (non-hydrogen) atoms. The Morgan fingerprint density at radius 2 is 0.981 bits per heavy atom. The highest BCUT2D eigenvalue weighted by atomic mass is 31.2. The molecule has 9 nitrogen and oxygen atoms in total. The zero-order valence-electron chi connectivity index (χ0n) is 34.1. The first-order chi connectivity index (χ1) is 25.8. The largest absolute Gasteiger partial charge is 0.756 e. The van der Waals surface area contributed by atoms with Gasteiger partial charge in [0.15, 0.2) is 6.10 Å². The summed E-state index contributed by atoms with van der Waals surface area (Å²) in [6.45, 7) is 3.88. The van der Waals surface area contributed by atoms with Crippen LogP contribution in [0.15, 0.2) is 36.5 Å². The quantitative estimate of drug-likeness (QED) is 0.0281. The molecule has 310 valence electrons. The molecule has 0 aliphatic rings. The predicted molar refractivity (Wildman–Crippen MR) is 216 cm³/mol. The number of esters is 2. The third-order valence-electron chi connectivity index (χ3n) is 9.01. The Morgan fingerprint density at radius 3 is 1.49 bits per heavy atom. The summed E-state index contributed by atoms with van der Waals surface area (Å²) in [4.78, 5) is 37.0. The lowest BCUT2D eigenvalue weighted by atomic mass is 10.1. The molecule has 2 atom stereocenters. The van der Waals surface area contributed by atoms with Gasteiger partial charge in [0.2, 0.25) is 0 Å². The fourth-order valence-electron chi connectivity index (χ4n) is 5.78. The topological polar surface area (TPSA) is 139 Å². The highest BCUT2D eigenvalue weighted by molar-refractivity contribution is 7.45. The molecule has 0 aromatic carbocycles. The van der Waals surface area contributed by atoms with Gasteiger partial charge in [-0.3, -0.25) is 14.2 Å². The first kappa shape index (κ1) is 51.2. The molecule has 0 aromatic rings. The minimum atomic E-state index is -4.59. The van der Waals surface area contributed by atoms with E-state index in [1.165, 1.54) is 89.9 Å². The fourth-order valence-corrected chi connectivity index (χ4v) is 6.56. The molecule has 1 unspecified atom stereocenters. The van der Waals surface area contributed by atoms with Gasteiger partial charge in [-0.1, -0.05) is 147 Å². The van der Waals surface area contributed by atoms with Crippen LogP contribution < -0.4 is 10.6 Å². The minimum absolute atomic E-state index is 0.107. The van der Waals surface area contributed by atoms with E-state index in [2.05, 4.69) is 56.0 Å². The van der Waals surface area contributed by atoms with Crippen LogP contribution in [0.4, 0.5) is 0 Å². The number of phosphoric ester groups is 1. The Labute approximate surface area is 324 Å². The lowest BCUT2D eigenvalue weighted by molar-refractivity contribution is -0.373. The summed E-state index contributed by atoms with van der Waals surface area (Å²) in [6.07, 6.45) is 43.0. The van der Waals surface area contributed by atoms with Crippen LogP contribution in [0.5, 0.6) is 0 Å². The molecule has 10 heteroatoms. The smallest absolute Gasteiger partial charge is 0.306 e. The van der Waals surface area contributed by atoms with Gasteiger partial charge < -0.3 is 29.1 Å². The number of hydrogen-bond donors (Lipinski definition) is 1. The van der Waals surface area contributed by atoms with Crippen molar-refractivity contribution in [1.82, 2.24) is 0 Å². The molecule has 0 bridgehead atoms. The molecular weight excluding hydrogens is 689 g/mol. The Kier molecular flexibility index (Phi) is 38.6. The van der Waals surface area contributed by atoms with Crippen LogP contribution in [0.2, 0.25) is 0 Å². The third-order valence-corrected chi connectivity index (χ3v) is 9.98. The Hall–Kier alpha value is -1.77. The number of rotatable bonds is 40. The van der Waals surface area contributed by atoms with Crippen LogP contribution in [0.3, 0.4) is 0 Å². The minimum Gasteiger partial charge on any atom is -0.756 e. The number of unbranched alkanes of at least 4 members (excludes halogenated alkanes) is 21. The van der Waals surface area contributed by atoms with Gasteiger partial charge in [-0.25, -0.2) is 0 Å². The van der Waals surface area contributed by atoms with E-state index in [1.807, 2.05) is 0 Å². The number of hydrogen-bond acceptors (Lipinski definition) is 8. The van der Waals surface area contributed by atoms with Crippen LogP contribution >= 0.6 is 7.82 Å². The van der Waals surface area contributed by atoms with Crippen molar-refractivity contribution in [2.24, 2.45) is 0 Å². The maximum Gasteiger partial charge on any atom is 0.306 e. The van der Waals surface area contributed by atoms with E-state index in [0.29, 0.717) is 6.42 Å². The zero-order chi connectivity index (χ0) is 38.9. The summed E-state index contributed by atoms with van der Waals surface area (Å²) in [5, 5.41) is 0. The van der Waals surface area contributed by atoms with Gasteiger partial charge in [0.1, 0.15) is 13.2 Å². The van der Waals surface area contributed by atoms with Gasteiger partial charge in [-0.2, -0.15) is 0 Å². The Balaban J connectivity index is 4.18. The van der Waals surface area contributed by atoms with Crippen molar-refractivity contribution in [3.63, 3.8) is 0 Å². The van der Waals surface area contributed by atoms with Crippen molar-refractivity contribution in [3.05, 3.63) is 36.5 Å². The van der Waals surface area contributed by atoms with Crippen molar-refractivity contribution in [3.8, 4) is 0 Å². The van der Waals surface area contributed by atoms with Crippen LogP contribution in [-0.2, 0) is 32.7 Å². The molecule has 0 aliphatic carbocycles. The number of allylic oxidation sites excluding steroid dienone is 6. The summed E-state index contributed by atoms with van der Waals surface area (Å²) in [6, 6.07) is 0. The standard InChI is InChI=1S/C43H80NO8P/c1-3-5-7-9-11-13-15-17-19-20-22-23-25-27-29-31-33-35-42(45)49-39-41(40-51-53(47,48)50-38-37-44)52-43(46)36-34-32-30-28-26-24-21-18-16-14-12-10-8-6-4-2/h12,14,17-19,21,41H,3-11,13,15-16,20,22-40,44H2,1-2H3,(H,47,48)/b14-12-,19-17-,21-18-/t41-/m1/s1. The molecular formula is C43H80NO8P. The van der Waals surface area contributed by atoms with Crippen molar-refractivity contribution < 1.29 is 43.3 Å². The highest BCUT2D eigenvalue weighted by Gasteiger charge is 2.21. The fraction of sp³-hybridized carbons (Fsp3) is 0.814. The molecule has 0 rings (SSSR count). The Bertz CT molecular complexity index is 970. The molecule has 0 aromatic heterocycles. The average molecular weight is 770 g/mol. The van der Waals surface area contributed by atoms with Gasteiger partial charge in [-0.05, 0) is 70.6 Å². The van der Waals surface area contributed by atoms with Crippen LogP contribution in [0.25, 0.3) is 0 Å². The molecule has 0 fully saturated rings.